The average molecular weight is 691 g/mol. The maximum absolute atomic E-state index is 13.8. The van der Waals surface area contributed by atoms with Crippen LogP contribution in [0.2, 0.25) is 0 Å². The highest BCUT2D eigenvalue weighted by atomic mass is 16.6. The lowest BCUT2D eigenvalue weighted by molar-refractivity contribution is 0.0163. The molecule has 270 valence electrons. The van der Waals surface area contributed by atoms with Gasteiger partial charge in [-0.05, 0) is 84.1 Å². The highest BCUT2D eigenvalue weighted by Crippen LogP contribution is 2.30. The number of pyridine rings is 1. The van der Waals surface area contributed by atoms with Crippen molar-refractivity contribution in [1.82, 2.24) is 29.4 Å². The monoisotopic (exact) mass is 690 g/mol. The topological polar surface area (TPSA) is 132 Å². The van der Waals surface area contributed by atoms with E-state index >= 15 is 0 Å². The Morgan fingerprint density at radius 1 is 0.940 bits per heavy atom. The SMILES string of the molecule is COCCOCCOc1cncc(-c2cn(Cc3ccc4cc(CN(CC5CCC5)C(=O)OC(C)(C)C)n(C(=O)OC(C)(C)C)c4c3)nn2)c1. The van der Waals surface area contributed by atoms with Gasteiger partial charge in [0.1, 0.15) is 29.3 Å². The van der Waals surface area contributed by atoms with Crippen LogP contribution in [-0.4, -0.2) is 92.9 Å². The second-order valence-electron chi connectivity index (χ2n) is 14.7. The Balaban J connectivity index is 1.37. The number of nitrogens with zero attached hydrogens (tertiary/aromatic N) is 6. The Bertz CT molecular complexity index is 1750. The van der Waals surface area contributed by atoms with E-state index in [-0.39, 0.29) is 6.54 Å². The lowest BCUT2D eigenvalue weighted by Gasteiger charge is -2.33. The molecule has 1 aliphatic carbocycles. The van der Waals surface area contributed by atoms with Crippen molar-refractivity contribution in [3.63, 3.8) is 0 Å². The van der Waals surface area contributed by atoms with Gasteiger partial charge in [0.05, 0.1) is 50.8 Å². The molecule has 4 aromatic rings. The minimum Gasteiger partial charge on any atom is -0.490 e. The maximum atomic E-state index is 13.8. The first kappa shape index (κ1) is 36.8. The molecule has 0 spiro atoms. The number of benzene rings is 1. The zero-order valence-corrected chi connectivity index (χ0v) is 30.3. The second-order valence-corrected chi connectivity index (χ2v) is 14.7. The van der Waals surface area contributed by atoms with Crippen LogP contribution in [-0.2, 0) is 32.0 Å². The molecule has 0 N–H and O–H groups in total. The molecule has 0 aliphatic heterocycles. The molecule has 3 aromatic heterocycles. The van der Waals surface area contributed by atoms with Crippen molar-refractivity contribution < 1.29 is 33.3 Å². The predicted octanol–water partition coefficient (Wildman–Crippen LogP) is 6.71. The summed E-state index contributed by atoms with van der Waals surface area (Å²) in [7, 11) is 1.63. The van der Waals surface area contributed by atoms with Gasteiger partial charge in [-0.2, -0.15) is 0 Å². The van der Waals surface area contributed by atoms with Gasteiger partial charge in [0, 0.05) is 36.5 Å². The molecule has 1 aliphatic rings. The van der Waals surface area contributed by atoms with Crippen molar-refractivity contribution >= 4 is 23.1 Å². The lowest BCUT2D eigenvalue weighted by atomic mass is 9.85. The summed E-state index contributed by atoms with van der Waals surface area (Å²) < 4.78 is 31.2. The van der Waals surface area contributed by atoms with E-state index in [1.165, 1.54) is 0 Å². The van der Waals surface area contributed by atoms with Crippen LogP contribution < -0.4 is 4.74 Å². The second kappa shape index (κ2) is 16.0. The predicted molar refractivity (Wildman–Crippen MR) is 188 cm³/mol. The van der Waals surface area contributed by atoms with Crippen LogP contribution in [0.1, 0.15) is 72.1 Å². The van der Waals surface area contributed by atoms with Gasteiger partial charge in [-0.15, -0.1) is 5.10 Å². The number of carbonyl (C=O) groups is 2. The molecule has 13 nitrogen and oxygen atoms in total. The molecule has 0 bridgehead atoms. The molecular weight excluding hydrogens is 640 g/mol. The number of rotatable bonds is 14. The quantitative estimate of drug-likeness (QED) is 0.132. The smallest absolute Gasteiger partial charge is 0.419 e. The average Bonchev–Trinajstić information content (AvgIpc) is 3.62. The first-order valence-corrected chi connectivity index (χ1v) is 17.2. The van der Waals surface area contributed by atoms with E-state index in [9.17, 15) is 9.59 Å². The fourth-order valence-electron chi connectivity index (χ4n) is 5.55. The number of fused-ring (bicyclic) bond motifs is 1. The van der Waals surface area contributed by atoms with Crippen LogP contribution in [0.4, 0.5) is 9.59 Å². The summed E-state index contributed by atoms with van der Waals surface area (Å²) in [6.45, 7) is 14.1. The molecule has 0 saturated heterocycles. The normalized spacial score (nSPS) is 13.7. The van der Waals surface area contributed by atoms with Crippen molar-refractivity contribution in [3.05, 3.63) is 60.2 Å². The third kappa shape index (κ3) is 10.3. The Hall–Kier alpha value is -4.49. The van der Waals surface area contributed by atoms with Gasteiger partial charge in [-0.25, -0.2) is 18.8 Å². The van der Waals surface area contributed by atoms with E-state index in [0.717, 1.165) is 35.8 Å². The third-order valence-corrected chi connectivity index (χ3v) is 8.05. The van der Waals surface area contributed by atoms with E-state index in [1.54, 1.807) is 33.7 Å². The van der Waals surface area contributed by atoms with E-state index in [2.05, 4.69) is 15.3 Å². The molecule has 5 rings (SSSR count). The number of amides is 1. The highest BCUT2D eigenvalue weighted by molar-refractivity contribution is 5.91. The Morgan fingerprint density at radius 2 is 1.70 bits per heavy atom. The first-order valence-electron chi connectivity index (χ1n) is 17.2. The Labute approximate surface area is 293 Å². The summed E-state index contributed by atoms with van der Waals surface area (Å²) in [5, 5.41) is 9.57. The van der Waals surface area contributed by atoms with Gasteiger partial charge >= 0.3 is 12.2 Å². The van der Waals surface area contributed by atoms with Crippen LogP contribution >= 0.6 is 0 Å². The molecule has 0 atom stereocenters. The van der Waals surface area contributed by atoms with Crippen molar-refractivity contribution in [2.45, 2.75) is 85.1 Å². The van der Waals surface area contributed by atoms with Gasteiger partial charge in [0.25, 0.3) is 0 Å². The third-order valence-electron chi connectivity index (χ3n) is 8.05. The van der Waals surface area contributed by atoms with Gasteiger partial charge in [-0.1, -0.05) is 23.8 Å². The fraction of sp³-hybridized carbons (Fsp3) is 0.541. The zero-order valence-electron chi connectivity index (χ0n) is 30.3. The molecule has 1 fully saturated rings. The summed E-state index contributed by atoms with van der Waals surface area (Å²) in [6, 6.07) is 9.74. The molecule has 3 heterocycles. The number of hydrogen-bond acceptors (Lipinski definition) is 10. The molecule has 1 amide bonds. The number of carbonyl (C=O) groups excluding carboxylic acids is 2. The molecule has 50 heavy (non-hydrogen) atoms. The Kier molecular flexibility index (Phi) is 11.8. The van der Waals surface area contributed by atoms with Crippen LogP contribution in [0, 0.1) is 5.92 Å². The number of methoxy groups -OCH3 is 1. The van der Waals surface area contributed by atoms with Crippen molar-refractivity contribution in [3.8, 4) is 17.0 Å². The van der Waals surface area contributed by atoms with Crippen LogP contribution in [0.25, 0.3) is 22.2 Å². The van der Waals surface area contributed by atoms with E-state index in [1.807, 2.05) is 78.1 Å². The van der Waals surface area contributed by atoms with E-state index in [4.69, 9.17) is 23.7 Å². The number of ether oxygens (including phenoxy) is 5. The van der Waals surface area contributed by atoms with Gasteiger partial charge < -0.3 is 28.6 Å². The Morgan fingerprint density at radius 3 is 2.40 bits per heavy atom. The van der Waals surface area contributed by atoms with Crippen LogP contribution in [0.3, 0.4) is 0 Å². The highest BCUT2D eigenvalue weighted by Gasteiger charge is 2.30. The summed E-state index contributed by atoms with van der Waals surface area (Å²) in [5.41, 5.74) is 2.29. The van der Waals surface area contributed by atoms with Crippen molar-refractivity contribution in [2.24, 2.45) is 5.92 Å². The molecule has 0 unspecified atom stereocenters. The molecule has 1 saturated carbocycles. The van der Waals surface area contributed by atoms with E-state index in [0.29, 0.717) is 68.1 Å². The van der Waals surface area contributed by atoms with Crippen molar-refractivity contribution in [2.75, 3.05) is 40.1 Å². The van der Waals surface area contributed by atoms with Crippen LogP contribution in [0.15, 0.2) is 48.9 Å². The minimum absolute atomic E-state index is 0.207. The number of hydrogen-bond donors (Lipinski definition) is 0. The lowest BCUT2D eigenvalue weighted by Crippen LogP contribution is -2.41. The summed E-state index contributed by atoms with van der Waals surface area (Å²) in [6.07, 6.45) is 7.60. The molecular formula is C37H50N6O7. The van der Waals surface area contributed by atoms with Gasteiger partial charge in [0.2, 0.25) is 0 Å². The molecule has 0 radical (unpaired) electrons. The fourth-order valence-corrected chi connectivity index (χ4v) is 5.55. The van der Waals surface area contributed by atoms with Gasteiger partial charge in [0.15, 0.2) is 0 Å². The summed E-state index contributed by atoms with van der Waals surface area (Å²) >= 11 is 0. The largest absolute Gasteiger partial charge is 0.490 e. The van der Waals surface area contributed by atoms with Crippen LogP contribution in [0.5, 0.6) is 5.75 Å². The molecule has 1 aromatic carbocycles. The minimum atomic E-state index is -0.717. The zero-order chi connectivity index (χ0) is 35.9. The van der Waals surface area contributed by atoms with E-state index < -0.39 is 23.4 Å². The summed E-state index contributed by atoms with van der Waals surface area (Å²) in [4.78, 5) is 33.2. The first-order chi connectivity index (χ1) is 23.8. The van der Waals surface area contributed by atoms with Gasteiger partial charge in [-0.3, -0.25) is 4.98 Å². The maximum Gasteiger partial charge on any atom is 0.419 e. The standard InChI is InChI=1S/C37H50N6O7/c1-36(2,3)49-34(44)41(22-26-9-8-10-26)24-30-18-28-12-11-27(17-33(28)43(30)35(45)50-37(4,5)6)23-42-25-32(39-40-42)29-19-31(21-38-20-29)48-16-15-47-14-13-46-7/h11-12,17-21,25-26H,8-10,13-16,22-24H2,1-7H3. The molecule has 13 heteroatoms. The summed E-state index contributed by atoms with van der Waals surface area (Å²) in [5.74, 6) is 1.02. The number of aromatic nitrogens is 5. The van der Waals surface area contributed by atoms with Crippen molar-refractivity contribution in [1.29, 1.82) is 0 Å².